The number of epoxide rings is 9. The summed E-state index contributed by atoms with van der Waals surface area (Å²) in [5.41, 5.74) is 0.137. The van der Waals surface area contributed by atoms with E-state index < -0.39 is 0 Å². The molecule has 17 heteroatoms. The van der Waals surface area contributed by atoms with Crippen LogP contribution in [0.15, 0.2) is 0 Å². The molecule has 78 heavy (non-hydrogen) atoms. The Labute approximate surface area is 463 Å². The number of rotatable bonds is 19. The number of ether oxygens (including phenoxy) is 12. The van der Waals surface area contributed by atoms with Crippen LogP contribution in [0, 0.1) is 35.5 Å². The van der Waals surface area contributed by atoms with Gasteiger partial charge < -0.3 is 56.8 Å². The number of hydrogen-bond acceptors (Lipinski definition) is 17. The van der Waals surface area contributed by atoms with Crippen LogP contribution in [-0.4, -0.2) is 174 Å². The molecule has 25 atom stereocenters. The lowest BCUT2D eigenvalue weighted by Gasteiger charge is -2.48. The highest BCUT2D eigenvalue weighted by molar-refractivity contribution is 5.69. The molecule has 1 spiro atoms. The fraction of sp³-hybridized carbons (Fsp3) is 0.984. The Morgan fingerprint density at radius 2 is 1.05 bits per heavy atom. The maximum atomic E-state index is 12.0. The van der Waals surface area contributed by atoms with Crippen LogP contribution in [0.3, 0.4) is 0 Å². The highest BCUT2D eigenvalue weighted by Gasteiger charge is 2.60. The fourth-order valence-electron chi connectivity index (χ4n) is 15.2. The highest BCUT2D eigenvalue weighted by Crippen LogP contribution is 2.52. The molecule has 0 amide bonds. The summed E-state index contributed by atoms with van der Waals surface area (Å²) >= 11 is 0. The summed E-state index contributed by atoms with van der Waals surface area (Å²) in [6, 6.07) is 0. The van der Waals surface area contributed by atoms with Crippen molar-refractivity contribution in [3.05, 3.63) is 0 Å². The summed E-state index contributed by atoms with van der Waals surface area (Å²) < 4.78 is 65.9. The summed E-state index contributed by atoms with van der Waals surface area (Å²) in [4.78, 5) is 33.6. The van der Waals surface area contributed by atoms with E-state index in [1.165, 1.54) is 77.0 Å². The van der Waals surface area contributed by atoms with Crippen molar-refractivity contribution >= 4 is 5.97 Å². The summed E-state index contributed by atoms with van der Waals surface area (Å²) in [7, 11) is 0. The first-order chi connectivity index (χ1) is 38.2. The molecule has 7 aliphatic carbocycles. The molecule has 10 aliphatic heterocycles. The van der Waals surface area contributed by atoms with Crippen LogP contribution in [0.25, 0.3) is 0 Å². The Bertz CT molecular complexity index is 1910. The molecule has 10 saturated heterocycles. The monoisotopic (exact) mass is 1100 g/mol. The third-order valence-corrected chi connectivity index (χ3v) is 21.2. The predicted octanol–water partition coefficient (Wildman–Crippen LogP) is 8.65. The molecule has 0 N–H and O–H groups in total. The molecule has 0 radical (unpaired) electrons. The number of hydrogen-bond donors (Lipinski definition) is 0. The minimum Gasteiger partial charge on any atom is -0.462 e. The van der Waals surface area contributed by atoms with Crippen molar-refractivity contribution in [1.82, 2.24) is 0 Å². The van der Waals surface area contributed by atoms with Gasteiger partial charge in [0.1, 0.15) is 17.8 Å². The quantitative estimate of drug-likeness (QED) is 0.0392. The van der Waals surface area contributed by atoms with Gasteiger partial charge in [0.05, 0.1) is 124 Å². The molecule has 10 heterocycles. The van der Waals surface area contributed by atoms with Gasteiger partial charge >= 0.3 is 5.97 Å². The van der Waals surface area contributed by atoms with Crippen molar-refractivity contribution in [2.75, 3.05) is 52.9 Å². The van der Waals surface area contributed by atoms with Gasteiger partial charge in [-0.1, -0.05) is 6.42 Å². The van der Waals surface area contributed by atoms with Crippen LogP contribution in [-0.2, 0) is 81.2 Å². The first kappa shape index (κ1) is 56.0. The van der Waals surface area contributed by atoms with Gasteiger partial charge in [0.15, 0.2) is 0 Å². The lowest BCUT2D eigenvalue weighted by Crippen LogP contribution is -2.58. The number of esters is 1. The van der Waals surface area contributed by atoms with Gasteiger partial charge in [-0.25, -0.2) is 19.6 Å². The summed E-state index contributed by atoms with van der Waals surface area (Å²) in [5, 5.41) is 0. The zero-order chi connectivity index (χ0) is 52.8. The standard InChI is InChI=1S/C18H26O6.C14H22O4.C12H22O3.C9H14O2.C8H12O2/c19-17(20-11-5-6-12-14(9-11)21-12)4-2-1-3-16-18(24-23-16)8-7-13-15(10-18)22-13;1-3-11-13(17-11)5-9(1)7-15-16-8-10-2-4-12-14(6-10)18-12;1-3-13-7-9-5-11-12(15-11)6-10(9)8-14-4-2;1-9(5-10-9)6-2-3-7-8(4-6)11-7;1-2-6-7(10-6)3-5(1)8-4-9-8/h11-16H,1-10H2;9-14H,1-8H2;9-12H,3-8H2,1-2H3;6-8H,2-5H2,1H3;5-8H,1-4H2. The van der Waals surface area contributed by atoms with E-state index in [0.717, 1.165) is 135 Å². The Morgan fingerprint density at radius 1 is 0.526 bits per heavy atom. The van der Waals surface area contributed by atoms with E-state index >= 15 is 0 Å². The Hall–Kier alpha value is -1.13. The second-order valence-electron chi connectivity index (χ2n) is 26.9. The van der Waals surface area contributed by atoms with Crippen LogP contribution in [0.1, 0.15) is 175 Å². The smallest absolute Gasteiger partial charge is 0.306 e. The van der Waals surface area contributed by atoms with Crippen molar-refractivity contribution in [3.8, 4) is 0 Å². The average Bonchev–Trinajstić information content (AvgIpc) is 4.33. The lowest BCUT2D eigenvalue weighted by atomic mass is 9.78. The van der Waals surface area contributed by atoms with Crippen molar-refractivity contribution in [2.24, 2.45) is 35.5 Å². The first-order valence-corrected chi connectivity index (χ1v) is 31.9. The predicted molar refractivity (Wildman–Crippen MR) is 280 cm³/mol. The molecule has 25 unspecified atom stereocenters. The third kappa shape index (κ3) is 15.0. The Morgan fingerprint density at radius 3 is 1.58 bits per heavy atom. The molecule has 0 aromatic heterocycles. The van der Waals surface area contributed by atoms with Crippen molar-refractivity contribution < 1.29 is 81.2 Å². The SMILES string of the molecule is C1CC2OC2CC1C1CO1.C1CC2OC2CC1COOCC1CCC2OC2C1.CC1(C2CCC3OC3C2)CO1.CCOCC1CC2OC2CC1COCC.O=C(CCCCC1OOC12CCC1OC1C2)OC1CCC2OC2C1. The van der Waals surface area contributed by atoms with E-state index in [1.807, 2.05) is 0 Å². The van der Waals surface area contributed by atoms with E-state index in [9.17, 15) is 4.79 Å². The molecular weight excluding hydrogens is 1000 g/mol. The van der Waals surface area contributed by atoms with E-state index in [4.69, 9.17) is 76.4 Å². The normalized spacial score (nSPS) is 49.6. The number of fused-ring (bicyclic) bond motifs is 7. The zero-order valence-electron chi connectivity index (χ0n) is 47.3. The van der Waals surface area contributed by atoms with Gasteiger partial charge in [0, 0.05) is 45.7 Å². The maximum Gasteiger partial charge on any atom is 0.306 e. The van der Waals surface area contributed by atoms with Gasteiger partial charge in [0.2, 0.25) is 0 Å². The molecule has 0 bridgehead atoms. The molecular formula is C61H96O17. The number of carbonyl (C=O) groups is 1. The van der Waals surface area contributed by atoms with Gasteiger partial charge in [-0.15, -0.1) is 0 Å². The van der Waals surface area contributed by atoms with Crippen LogP contribution in [0.4, 0.5) is 0 Å². The minimum absolute atomic E-state index is 0.0634. The molecule has 17 nitrogen and oxygen atoms in total. The molecule has 0 aromatic rings. The topological polar surface area (TPSA) is 194 Å². The molecule has 17 aliphatic rings. The summed E-state index contributed by atoms with van der Waals surface area (Å²) in [6.07, 6.45) is 34.9. The molecule has 0 aromatic carbocycles. The molecule has 17 fully saturated rings. The van der Waals surface area contributed by atoms with Gasteiger partial charge in [-0.3, -0.25) is 4.79 Å². The molecule has 7 saturated carbocycles. The van der Waals surface area contributed by atoms with E-state index in [1.54, 1.807) is 0 Å². The Kier molecular flexibility index (Phi) is 17.8. The highest BCUT2D eigenvalue weighted by atomic mass is 17.3. The van der Waals surface area contributed by atoms with Crippen LogP contribution in [0.5, 0.6) is 0 Å². The zero-order valence-corrected chi connectivity index (χ0v) is 47.3. The lowest BCUT2D eigenvalue weighted by molar-refractivity contribution is -0.515. The number of carbonyl (C=O) groups excluding carboxylic acids is 1. The summed E-state index contributed by atoms with van der Waals surface area (Å²) in [5.74, 6) is 4.11. The van der Waals surface area contributed by atoms with E-state index in [2.05, 4.69) is 20.8 Å². The van der Waals surface area contributed by atoms with Crippen LogP contribution < -0.4 is 0 Å². The van der Waals surface area contributed by atoms with Crippen molar-refractivity contribution in [3.63, 3.8) is 0 Å². The largest absolute Gasteiger partial charge is 0.462 e. The second-order valence-corrected chi connectivity index (χ2v) is 26.9. The number of unbranched alkanes of at least 4 members (excludes halogenated alkanes) is 1. The van der Waals surface area contributed by atoms with Crippen LogP contribution >= 0.6 is 0 Å². The van der Waals surface area contributed by atoms with Gasteiger partial charge in [0.25, 0.3) is 0 Å². The maximum absolute atomic E-state index is 12.0. The fourth-order valence-corrected chi connectivity index (χ4v) is 15.2. The van der Waals surface area contributed by atoms with E-state index in [-0.39, 0.29) is 29.4 Å². The second kappa shape index (κ2) is 24.8. The molecule has 17 rings (SSSR count). The van der Waals surface area contributed by atoms with E-state index in [0.29, 0.717) is 122 Å². The minimum atomic E-state index is -0.110. The van der Waals surface area contributed by atoms with Crippen molar-refractivity contribution in [1.29, 1.82) is 0 Å². The van der Waals surface area contributed by atoms with Crippen LogP contribution in [0.2, 0.25) is 0 Å². The van der Waals surface area contributed by atoms with Crippen molar-refractivity contribution in [2.45, 2.75) is 290 Å². The Balaban J connectivity index is 0.0000000960. The third-order valence-electron chi connectivity index (χ3n) is 21.2. The first-order valence-electron chi connectivity index (χ1n) is 31.9. The van der Waals surface area contributed by atoms with Gasteiger partial charge in [-0.05, 0) is 185 Å². The summed E-state index contributed by atoms with van der Waals surface area (Å²) in [6.45, 7) is 13.2. The molecule has 442 valence electrons. The van der Waals surface area contributed by atoms with Gasteiger partial charge in [-0.2, -0.15) is 0 Å². The average molecular weight is 1100 g/mol.